The first-order valence-electron chi connectivity index (χ1n) is 3.34. The van der Waals surface area contributed by atoms with Crippen molar-refractivity contribution in [3.05, 3.63) is 10.6 Å². The second kappa shape index (κ2) is 3.97. The molecule has 0 saturated heterocycles. The van der Waals surface area contributed by atoms with Gasteiger partial charge in [-0.15, -0.1) is 0 Å². The molecule has 1 heterocycles. The van der Waals surface area contributed by atoms with Crippen molar-refractivity contribution in [1.82, 2.24) is 10.4 Å². The highest BCUT2D eigenvalue weighted by molar-refractivity contribution is 7.15. The Kier molecular flexibility index (Phi) is 2.93. The number of carbonyl (C=O) groups is 1. The van der Waals surface area contributed by atoms with Gasteiger partial charge in [-0.1, -0.05) is 11.3 Å². The molecule has 0 aromatic carbocycles. The van der Waals surface area contributed by atoms with Crippen LogP contribution >= 0.6 is 11.3 Å². The van der Waals surface area contributed by atoms with Gasteiger partial charge in [-0.2, -0.15) is 0 Å². The number of nitrogens with zero attached hydrogens (tertiary/aromatic N) is 2. The van der Waals surface area contributed by atoms with Gasteiger partial charge >= 0.3 is 5.97 Å². The summed E-state index contributed by atoms with van der Waals surface area (Å²) in [6.45, 7) is 1.68. The van der Waals surface area contributed by atoms with Crippen molar-refractivity contribution < 1.29 is 9.90 Å². The van der Waals surface area contributed by atoms with Crippen molar-refractivity contribution in [2.24, 2.45) is 10.8 Å². The van der Waals surface area contributed by atoms with Gasteiger partial charge in [0.2, 0.25) is 5.13 Å². The molecule has 1 aromatic heterocycles. The maximum absolute atomic E-state index is 10.6. The molecular weight excluding hydrogens is 192 g/mol. The van der Waals surface area contributed by atoms with Crippen LogP contribution in [0.3, 0.4) is 0 Å². The SMILES string of the molecule is Cc1sc(/N=C/NN)nc1C(=O)O. The highest BCUT2D eigenvalue weighted by Gasteiger charge is 2.12. The van der Waals surface area contributed by atoms with Crippen LogP contribution in [-0.2, 0) is 0 Å². The second-order valence-electron chi connectivity index (χ2n) is 2.13. The highest BCUT2D eigenvalue weighted by Crippen LogP contribution is 2.23. The van der Waals surface area contributed by atoms with E-state index in [9.17, 15) is 4.79 Å². The largest absolute Gasteiger partial charge is 0.476 e. The quantitative estimate of drug-likeness (QED) is 0.281. The molecule has 0 aliphatic rings. The van der Waals surface area contributed by atoms with Crippen LogP contribution < -0.4 is 11.3 Å². The van der Waals surface area contributed by atoms with E-state index in [4.69, 9.17) is 10.9 Å². The second-order valence-corrected chi connectivity index (χ2v) is 3.31. The molecular formula is C6H8N4O2S. The van der Waals surface area contributed by atoms with Crippen molar-refractivity contribution in [3.63, 3.8) is 0 Å². The molecule has 0 unspecified atom stereocenters. The maximum Gasteiger partial charge on any atom is 0.355 e. The number of aryl methyl sites for hydroxylation is 1. The molecule has 0 amide bonds. The summed E-state index contributed by atoms with van der Waals surface area (Å²) >= 11 is 1.20. The fraction of sp³-hybridized carbons (Fsp3) is 0.167. The van der Waals surface area contributed by atoms with Crippen LogP contribution in [-0.4, -0.2) is 22.4 Å². The van der Waals surface area contributed by atoms with E-state index in [0.29, 0.717) is 10.0 Å². The minimum atomic E-state index is -1.05. The van der Waals surface area contributed by atoms with Crippen LogP contribution in [0, 0.1) is 6.92 Å². The van der Waals surface area contributed by atoms with E-state index in [2.05, 4.69) is 15.4 Å². The normalized spacial score (nSPS) is 10.6. The van der Waals surface area contributed by atoms with E-state index < -0.39 is 5.97 Å². The fourth-order valence-electron chi connectivity index (χ4n) is 0.729. The third kappa shape index (κ3) is 2.23. The Hall–Kier alpha value is -1.47. The molecule has 6 nitrogen and oxygen atoms in total. The van der Waals surface area contributed by atoms with Gasteiger partial charge in [0, 0.05) is 4.88 Å². The number of aliphatic imine (C=N–C) groups is 1. The Morgan fingerprint density at radius 2 is 2.54 bits per heavy atom. The summed E-state index contributed by atoms with van der Waals surface area (Å²) in [5.74, 6) is 3.90. The Labute approximate surface area is 78.1 Å². The number of thiazole rings is 1. The van der Waals surface area contributed by atoms with E-state index in [-0.39, 0.29) is 5.69 Å². The summed E-state index contributed by atoms with van der Waals surface area (Å²) < 4.78 is 0. The molecule has 0 saturated carbocycles. The number of nitrogens with two attached hydrogens (primary N) is 1. The van der Waals surface area contributed by atoms with E-state index in [0.717, 1.165) is 0 Å². The number of hydrogen-bond acceptors (Lipinski definition) is 5. The summed E-state index contributed by atoms with van der Waals surface area (Å²) in [4.78, 5) is 18.7. The van der Waals surface area contributed by atoms with Crippen LogP contribution in [0.2, 0.25) is 0 Å². The molecule has 0 spiro atoms. The van der Waals surface area contributed by atoms with Gasteiger partial charge < -0.3 is 10.5 Å². The van der Waals surface area contributed by atoms with Crippen LogP contribution in [0.5, 0.6) is 0 Å². The van der Waals surface area contributed by atoms with E-state index in [1.807, 2.05) is 0 Å². The van der Waals surface area contributed by atoms with Crippen LogP contribution in [0.25, 0.3) is 0 Å². The highest BCUT2D eigenvalue weighted by atomic mass is 32.1. The van der Waals surface area contributed by atoms with Gasteiger partial charge in [-0.3, -0.25) is 0 Å². The topological polar surface area (TPSA) is 101 Å². The number of carboxylic acid groups (broad SMARTS) is 1. The molecule has 7 heteroatoms. The summed E-state index contributed by atoms with van der Waals surface area (Å²) in [6.07, 6.45) is 1.24. The summed E-state index contributed by atoms with van der Waals surface area (Å²) in [5.41, 5.74) is 2.24. The van der Waals surface area contributed by atoms with E-state index >= 15 is 0 Å². The third-order valence-electron chi connectivity index (χ3n) is 1.24. The van der Waals surface area contributed by atoms with Gasteiger partial charge in [0.1, 0.15) is 6.34 Å². The summed E-state index contributed by atoms with van der Waals surface area (Å²) in [6, 6.07) is 0. The molecule has 0 radical (unpaired) electrons. The van der Waals surface area contributed by atoms with Crippen molar-refractivity contribution in [2.75, 3.05) is 0 Å². The monoisotopic (exact) mass is 200 g/mol. The molecule has 0 aliphatic heterocycles. The number of aromatic carboxylic acids is 1. The first kappa shape index (κ1) is 9.62. The summed E-state index contributed by atoms with van der Waals surface area (Å²) in [5, 5.41) is 9.02. The average molecular weight is 200 g/mol. The molecule has 0 atom stereocenters. The zero-order valence-corrected chi connectivity index (χ0v) is 7.63. The lowest BCUT2D eigenvalue weighted by atomic mass is 10.4. The Balaban J connectivity index is 2.95. The van der Waals surface area contributed by atoms with E-state index in [1.54, 1.807) is 6.92 Å². The van der Waals surface area contributed by atoms with Gasteiger partial charge in [0.25, 0.3) is 0 Å². The van der Waals surface area contributed by atoms with Crippen molar-refractivity contribution >= 4 is 28.8 Å². The van der Waals surface area contributed by atoms with Crippen LogP contribution in [0.4, 0.5) is 5.13 Å². The van der Waals surface area contributed by atoms with Gasteiger partial charge in [-0.25, -0.2) is 20.6 Å². The molecule has 0 fully saturated rings. The van der Waals surface area contributed by atoms with Crippen LogP contribution in [0.15, 0.2) is 4.99 Å². The number of hydrogen-bond donors (Lipinski definition) is 3. The Bertz CT molecular complexity index is 346. The van der Waals surface area contributed by atoms with Crippen LogP contribution in [0.1, 0.15) is 15.4 Å². The first-order chi connectivity index (χ1) is 6.15. The Morgan fingerprint density at radius 1 is 1.85 bits per heavy atom. The predicted molar refractivity (Wildman–Crippen MR) is 49.3 cm³/mol. The molecule has 0 bridgehead atoms. The third-order valence-corrected chi connectivity index (χ3v) is 2.12. The average Bonchev–Trinajstić information content (AvgIpc) is 2.43. The number of aromatic nitrogens is 1. The number of carboxylic acids is 1. The smallest absolute Gasteiger partial charge is 0.355 e. The zero-order chi connectivity index (χ0) is 9.84. The van der Waals surface area contributed by atoms with Gasteiger partial charge in [0.05, 0.1) is 0 Å². The number of nitrogens with one attached hydrogen (secondary N) is 1. The molecule has 1 aromatic rings. The van der Waals surface area contributed by atoms with Crippen molar-refractivity contribution in [3.8, 4) is 0 Å². The molecule has 0 aliphatic carbocycles. The molecule has 1 rings (SSSR count). The number of hydrazine groups is 1. The summed E-state index contributed by atoms with van der Waals surface area (Å²) in [7, 11) is 0. The van der Waals surface area contributed by atoms with Gasteiger partial charge in [-0.05, 0) is 6.92 Å². The number of rotatable bonds is 3. The van der Waals surface area contributed by atoms with E-state index in [1.165, 1.54) is 17.7 Å². The lowest BCUT2D eigenvalue weighted by Crippen LogP contribution is -2.18. The van der Waals surface area contributed by atoms with Gasteiger partial charge in [0.15, 0.2) is 5.69 Å². The zero-order valence-electron chi connectivity index (χ0n) is 6.81. The Morgan fingerprint density at radius 3 is 3.00 bits per heavy atom. The molecule has 13 heavy (non-hydrogen) atoms. The van der Waals surface area contributed by atoms with Crippen molar-refractivity contribution in [1.29, 1.82) is 0 Å². The maximum atomic E-state index is 10.6. The lowest BCUT2D eigenvalue weighted by molar-refractivity contribution is 0.0690. The predicted octanol–water partition coefficient (Wildman–Crippen LogP) is 0.273. The first-order valence-corrected chi connectivity index (χ1v) is 4.16. The minimum Gasteiger partial charge on any atom is -0.476 e. The molecule has 4 N–H and O–H groups in total. The standard InChI is InChI=1S/C6H8N4O2S/c1-3-4(5(11)12)10-6(13-3)8-2-9-7/h2H,7H2,1H3,(H,11,12)(H,8,9,10). The fourth-order valence-corrected chi connectivity index (χ4v) is 1.47. The minimum absolute atomic E-state index is 0.0363. The lowest BCUT2D eigenvalue weighted by Gasteiger charge is -1.85. The molecule has 70 valence electrons. The van der Waals surface area contributed by atoms with Crippen molar-refractivity contribution in [2.45, 2.75) is 6.92 Å².